The largest absolute Gasteiger partial charge is 0.431 e. The monoisotopic (exact) mass is 219 g/mol. The van der Waals surface area contributed by atoms with Gasteiger partial charge in [0.25, 0.3) is 5.22 Å². The van der Waals surface area contributed by atoms with Crippen LogP contribution in [0.1, 0.15) is 25.7 Å². The van der Waals surface area contributed by atoms with E-state index in [0.717, 1.165) is 21.6 Å². The molecule has 1 fully saturated rings. The van der Waals surface area contributed by atoms with Crippen molar-refractivity contribution in [3.05, 3.63) is 24.3 Å². The van der Waals surface area contributed by atoms with Gasteiger partial charge in [0.05, 0.1) is 0 Å². The van der Waals surface area contributed by atoms with E-state index in [9.17, 15) is 0 Å². The summed E-state index contributed by atoms with van der Waals surface area (Å²) in [6.07, 6.45) is 5.34. The number of aromatic nitrogens is 1. The zero-order valence-corrected chi connectivity index (χ0v) is 9.30. The van der Waals surface area contributed by atoms with E-state index >= 15 is 0 Å². The molecule has 0 radical (unpaired) electrons. The van der Waals surface area contributed by atoms with Crippen molar-refractivity contribution in [3.63, 3.8) is 0 Å². The van der Waals surface area contributed by atoms with E-state index in [2.05, 4.69) is 4.98 Å². The summed E-state index contributed by atoms with van der Waals surface area (Å²) in [5.41, 5.74) is 1.87. The summed E-state index contributed by atoms with van der Waals surface area (Å²) < 4.78 is 5.68. The molecule has 1 aromatic carbocycles. The Kier molecular flexibility index (Phi) is 2.41. The van der Waals surface area contributed by atoms with Gasteiger partial charge in [-0.05, 0) is 25.0 Å². The molecule has 0 atom stereocenters. The minimum atomic E-state index is 0.720. The van der Waals surface area contributed by atoms with Crippen molar-refractivity contribution < 1.29 is 4.42 Å². The number of hydrogen-bond acceptors (Lipinski definition) is 3. The Bertz CT molecular complexity index is 426. The second kappa shape index (κ2) is 3.89. The molecule has 3 heteroatoms. The van der Waals surface area contributed by atoms with Gasteiger partial charge in [-0.3, -0.25) is 0 Å². The Hall–Kier alpha value is -0.960. The molecule has 0 amide bonds. The Balaban J connectivity index is 1.84. The highest BCUT2D eigenvalue weighted by Crippen LogP contribution is 2.35. The Labute approximate surface area is 93.1 Å². The molecule has 1 aromatic heterocycles. The van der Waals surface area contributed by atoms with Gasteiger partial charge in [0.15, 0.2) is 5.58 Å². The molecule has 2 aromatic rings. The smallest absolute Gasteiger partial charge is 0.257 e. The fourth-order valence-corrected chi connectivity index (χ4v) is 3.19. The summed E-state index contributed by atoms with van der Waals surface area (Å²) in [5, 5.41) is 1.56. The number of hydrogen-bond donors (Lipinski definition) is 0. The second-order valence-corrected chi connectivity index (χ2v) is 5.22. The van der Waals surface area contributed by atoms with Crippen LogP contribution in [-0.2, 0) is 0 Å². The van der Waals surface area contributed by atoms with Crippen LogP contribution in [0.15, 0.2) is 33.9 Å². The highest BCUT2D eigenvalue weighted by atomic mass is 32.2. The highest BCUT2D eigenvalue weighted by Gasteiger charge is 2.18. The van der Waals surface area contributed by atoms with Crippen molar-refractivity contribution in [2.45, 2.75) is 36.2 Å². The van der Waals surface area contributed by atoms with Crippen LogP contribution in [0, 0.1) is 0 Å². The first-order chi connectivity index (χ1) is 7.42. The van der Waals surface area contributed by atoms with Gasteiger partial charge in [-0.1, -0.05) is 36.7 Å². The number of para-hydroxylation sites is 2. The Morgan fingerprint density at radius 2 is 2.00 bits per heavy atom. The van der Waals surface area contributed by atoms with Gasteiger partial charge in [0.1, 0.15) is 5.52 Å². The number of benzene rings is 1. The number of nitrogens with zero attached hydrogens (tertiary/aromatic N) is 1. The van der Waals surface area contributed by atoms with Crippen molar-refractivity contribution in [1.29, 1.82) is 0 Å². The molecule has 1 aliphatic carbocycles. The van der Waals surface area contributed by atoms with Gasteiger partial charge in [0, 0.05) is 5.25 Å². The van der Waals surface area contributed by atoms with Gasteiger partial charge >= 0.3 is 0 Å². The highest BCUT2D eigenvalue weighted by molar-refractivity contribution is 7.99. The summed E-state index contributed by atoms with van der Waals surface area (Å²) in [7, 11) is 0. The average molecular weight is 219 g/mol. The molecule has 0 spiro atoms. The van der Waals surface area contributed by atoms with Crippen molar-refractivity contribution in [2.75, 3.05) is 0 Å². The van der Waals surface area contributed by atoms with Gasteiger partial charge < -0.3 is 4.42 Å². The van der Waals surface area contributed by atoms with Crippen LogP contribution in [0.3, 0.4) is 0 Å². The van der Waals surface area contributed by atoms with Crippen LogP contribution in [0.25, 0.3) is 11.1 Å². The van der Waals surface area contributed by atoms with Gasteiger partial charge in [-0.2, -0.15) is 0 Å². The van der Waals surface area contributed by atoms with Crippen LogP contribution >= 0.6 is 11.8 Å². The molecule has 1 aliphatic rings. The fraction of sp³-hybridized carbons (Fsp3) is 0.417. The number of oxazole rings is 1. The molecule has 2 nitrogen and oxygen atoms in total. The van der Waals surface area contributed by atoms with Crippen molar-refractivity contribution >= 4 is 22.9 Å². The maximum absolute atomic E-state index is 5.68. The molecular weight excluding hydrogens is 206 g/mol. The number of thioether (sulfide) groups is 1. The molecule has 78 valence electrons. The van der Waals surface area contributed by atoms with E-state index < -0.39 is 0 Å². The van der Waals surface area contributed by atoms with Gasteiger partial charge in [-0.25, -0.2) is 4.98 Å². The number of fused-ring (bicyclic) bond motifs is 1. The predicted octanol–water partition coefficient (Wildman–Crippen LogP) is 3.86. The Morgan fingerprint density at radius 3 is 2.80 bits per heavy atom. The van der Waals surface area contributed by atoms with E-state index in [-0.39, 0.29) is 0 Å². The van der Waals surface area contributed by atoms with Crippen molar-refractivity contribution in [1.82, 2.24) is 4.98 Å². The van der Waals surface area contributed by atoms with E-state index in [1.54, 1.807) is 11.8 Å². The maximum atomic E-state index is 5.68. The fourth-order valence-electron chi connectivity index (χ4n) is 2.05. The molecule has 1 saturated carbocycles. The van der Waals surface area contributed by atoms with E-state index in [1.165, 1.54) is 25.7 Å². The third kappa shape index (κ3) is 1.88. The topological polar surface area (TPSA) is 26.0 Å². The zero-order chi connectivity index (χ0) is 10.1. The minimum absolute atomic E-state index is 0.720. The van der Waals surface area contributed by atoms with Crippen LogP contribution < -0.4 is 0 Å². The van der Waals surface area contributed by atoms with Gasteiger partial charge in [0.2, 0.25) is 0 Å². The van der Waals surface area contributed by atoms with Crippen LogP contribution in [0.2, 0.25) is 0 Å². The van der Waals surface area contributed by atoms with E-state index in [4.69, 9.17) is 4.42 Å². The first-order valence-electron chi connectivity index (χ1n) is 5.44. The molecule has 0 aliphatic heterocycles. The average Bonchev–Trinajstić information content (AvgIpc) is 2.86. The molecule has 1 heterocycles. The van der Waals surface area contributed by atoms with Crippen LogP contribution in [0.5, 0.6) is 0 Å². The number of rotatable bonds is 2. The molecule has 0 saturated heterocycles. The van der Waals surface area contributed by atoms with E-state index in [0.29, 0.717) is 0 Å². The lowest BCUT2D eigenvalue weighted by Crippen LogP contribution is -1.92. The van der Waals surface area contributed by atoms with E-state index in [1.807, 2.05) is 24.3 Å². The zero-order valence-electron chi connectivity index (χ0n) is 8.48. The second-order valence-electron chi connectivity index (χ2n) is 3.97. The SMILES string of the molecule is c1ccc2oc(SC3CCCC3)nc2c1. The third-order valence-electron chi connectivity index (χ3n) is 2.84. The first-order valence-corrected chi connectivity index (χ1v) is 6.32. The summed E-state index contributed by atoms with van der Waals surface area (Å²) in [5.74, 6) is 0. The Morgan fingerprint density at radius 1 is 1.20 bits per heavy atom. The normalized spacial score (nSPS) is 17.6. The third-order valence-corrected chi connectivity index (χ3v) is 4.02. The molecular formula is C12H13NOS. The molecule has 3 rings (SSSR count). The van der Waals surface area contributed by atoms with Crippen LogP contribution in [0.4, 0.5) is 0 Å². The summed E-state index contributed by atoms with van der Waals surface area (Å²) in [6, 6.07) is 7.95. The molecule has 0 unspecified atom stereocenters. The molecule has 0 bridgehead atoms. The quantitative estimate of drug-likeness (QED) is 0.767. The van der Waals surface area contributed by atoms with Crippen molar-refractivity contribution in [2.24, 2.45) is 0 Å². The minimum Gasteiger partial charge on any atom is -0.431 e. The lowest BCUT2D eigenvalue weighted by Gasteiger charge is -2.02. The molecule has 0 N–H and O–H groups in total. The summed E-state index contributed by atoms with van der Waals surface area (Å²) >= 11 is 1.80. The lowest BCUT2D eigenvalue weighted by atomic mass is 10.3. The van der Waals surface area contributed by atoms with Gasteiger partial charge in [-0.15, -0.1) is 0 Å². The van der Waals surface area contributed by atoms with Crippen molar-refractivity contribution in [3.8, 4) is 0 Å². The summed E-state index contributed by atoms with van der Waals surface area (Å²) in [6.45, 7) is 0. The predicted molar refractivity (Wildman–Crippen MR) is 62.1 cm³/mol. The molecule has 15 heavy (non-hydrogen) atoms. The standard InChI is InChI=1S/C12H13NOS/c1-2-6-9(5-1)15-12-13-10-7-3-4-8-11(10)14-12/h3-4,7-9H,1-2,5-6H2. The summed E-state index contributed by atoms with van der Waals surface area (Å²) in [4.78, 5) is 4.47. The lowest BCUT2D eigenvalue weighted by molar-refractivity contribution is 0.488. The maximum Gasteiger partial charge on any atom is 0.257 e. The first kappa shape index (κ1) is 9.28. The van der Waals surface area contributed by atoms with Crippen LogP contribution in [-0.4, -0.2) is 10.2 Å².